The monoisotopic (exact) mass is 399 g/mol. The fourth-order valence-electron chi connectivity index (χ4n) is 2.53. The predicted octanol–water partition coefficient (Wildman–Crippen LogP) is 3.93. The summed E-state index contributed by atoms with van der Waals surface area (Å²) >= 11 is 0. The van der Waals surface area contributed by atoms with E-state index in [1.165, 1.54) is 27.4 Å². The Morgan fingerprint density at radius 3 is 2.00 bits per heavy atom. The van der Waals surface area contributed by atoms with Crippen LogP contribution in [0.4, 0.5) is 5.69 Å². The number of esters is 1. The van der Waals surface area contributed by atoms with Gasteiger partial charge in [-0.25, -0.2) is 4.79 Å². The number of nitrogens with one attached hydrogen (secondary N) is 1. The third-order valence-corrected chi connectivity index (χ3v) is 3.85. The summed E-state index contributed by atoms with van der Waals surface area (Å²) in [5.74, 6) is 0.746. The van der Waals surface area contributed by atoms with E-state index >= 15 is 0 Å². The predicted molar refractivity (Wildman–Crippen MR) is 111 cm³/mol. The molecule has 0 heterocycles. The van der Waals surface area contributed by atoms with Gasteiger partial charge in [-0.3, -0.25) is 4.79 Å². The second-order valence-corrected chi connectivity index (χ2v) is 6.31. The van der Waals surface area contributed by atoms with Gasteiger partial charge in [0, 0.05) is 11.8 Å². The average Bonchev–Trinajstić information content (AvgIpc) is 2.71. The highest BCUT2D eigenvalue weighted by Gasteiger charge is 2.12. The molecule has 0 aliphatic carbocycles. The van der Waals surface area contributed by atoms with E-state index in [1.54, 1.807) is 56.3 Å². The molecule has 0 bridgehead atoms. The van der Waals surface area contributed by atoms with Gasteiger partial charge in [-0.15, -0.1) is 0 Å². The second-order valence-electron chi connectivity index (χ2n) is 6.31. The second kappa shape index (κ2) is 10.2. The molecule has 7 heteroatoms. The van der Waals surface area contributed by atoms with Crippen LogP contribution in [0.5, 0.6) is 17.2 Å². The molecular formula is C22H25NO6. The lowest BCUT2D eigenvalue weighted by Crippen LogP contribution is -2.12. The zero-order chi connectivity index (χ0) is 21.4. The highest BCUT2D eigenvalue weighted by atomic mass is 16.5. The fraction of sp³-hybridized carbons (Fsp3) is 0.273. The molecule has 0 spiro atoms. The van der Waals surface area contributed by atoms with Crippen LogP contribution in [-0.4, -0.2) is 39.3 Å². The van der Waals surface area contributed by atoms with Gasteiger partial charge in [-0.1, -0.05) is 0 Å². The number of carbonyl (C=O) groups is 2. The van der Waals surface area contributed by atoms with Crippen molar-refractivity contribution in [3.8, 4) is 17.2 Å². The molecule has 0 fully saturated rings. The summed E-state index contributed by atoms with van der Waals surface area (Å²) in [6.07, 6.45) is 2.83. The molecule has 2 rings (SSSR count). The number of anilines is 1. The first-order valence-electron chi connectivity index (χ1n) is 8.98. The standard InChI is InChI=1S/C22H25NO6/c1-14(2)29-22(25)16-7-9-17(10-8-16)23-20(24)11-6-15-12-18(26-3)21(28-5)19(13-15)27-4/h6-14H,1-5H3,(H,23,24). The lowest BCUT2D eigenvalue weighted by atomic mass is 10.1. The van der Waals surface area contributed by atoms with Crippen LogP contribution in [-0.2, 0) is 9.53 Å². The Morgan fingerprint density at radius 1 is 0.931 bits per heavy atom. The van der Waals surface area contributed by atoms with Gasteiger partial charge in [0.2, 0.25) is 11.7 Å². The third kappa shape index (κ3) is 6.00. The minimum absolute atomic E-state index is 0.192. The molecule has 1 N–H and O–H groups in total. The number of hydrogen-bond donors (Lipinski definition) is 1. The van der Waals surface area contributed by atoms with E-state index in [-0.39, 0.29) is 12.0 Å². The SMILES string of the molecule is COc1cc(C=CC(=O)Nc2ccc(C(=O)OC(C)C)cc2)cc(OC)c1OC. The first kappa shape index (κ1) is 21.8. The van der Waals surface area contributed by atoms with Crippen molar-refractivity contribution in [3.05, 3.63) is 53.6 Å². The third-order valence-electron chi connectivity index (χ3n) is 3.85. The van der Waals surface area contributed by atoms with Gasteiger partial charge in [-0.05, 0) is 61.9 Å². The van der Waals surface area contributed by atoms with Crippen molar-refractivity contribution in [1.82, 2.24) is 0 Å². The van der Waals surface area contributed by atoms with Gasteiger partial charge in [0.1, 0.15) is 0 Å². The van der Waals surface area contributed by atoms with Crippen molar-refractivity contribution in [2.45, 2.75) is 20.0 Å². The van der Waals surface area contributed by atoms with Crippen molar-refractivity contribution >= 4 is 23.6 Å². The molecule has 29 heavy (non-hydrogen) atoms. The zero-order valence-corrected chi connectivity index (χ0v) is 17.1. The number of amides is 1. The number of rotatable bonds is 8. The maximum absolute atomic E-state index is 12.2. The molecule has 2 aromatic rings. The van der Waals surface area contributed by atoms with Gasteiger partial charge in [0.05, 0.1) is 33.0 Å². The highest BCUT2D eigenvalue weighted by molar-refractivity contribution is 6.02. The number of carbonyl (C=O) groups excluding carboxylic acids is 2. The van der Waals surface area contributed by atoms with Crippen molar-refractivity contribution in [3.63, 3.8) is 0 Å². The van der Waals surface area contributed by atoms with Crippen LogP contribution < -0.4 is 19.5 Å². The van der Waals surface area contributed by atoms with Crippen molar-refractivity contribution < 1.29 is 28.5 Å². The van der Waals surface area contributed by atoms with Crippen molar-refractivity contribution in [1.29, 1.82) is 0 Å². The van der Waals surface area contributed by atoms with E-state index in [2.05, 4.69) is 5.32 Å². The fourth-order valence-corrected chi connectivity index (χ4v) is 2.53. The average molecular weight is 399 g/mol. The van der Waals surface area contributed by atoms with E-state index in [9.17, 15) is 9.59 Å². The summed E-state index contributed by atoms with van der Waals surface area (Å²) in [4.78, 5) is 24.1. The van der Waals surface area contributed by atoms with E-state index in [1.807, 2.05) is 0 Å². The van der Waals surface area contributed by atoms with Crippen LogP contribution >= 0.6 is 0 Å². The summed E-state index contributed by atoms with van der Waals surface area (Å²) in [7, 11) is 4.58. The molecule has 0 saturated heterocycles. The Kier molecular flexibility index (Phi) is 7.65. The van der Waals surface area contributed by atoms with Gasteiger partial charge < -0.3 is 24.3 Å². The topological polar surface area (TPSA) is 83.1 Å². The minimum atomic E-state index is -0.403. The smallest absolute Gasteiger partial charge is 0.338 e. The zero-order valence-electron chi connectivity index (χ0n) is 17.1. The van der Waals surface area contributed by atoms with E-state index in [0.717, 1.165) is 0 Å². The first-order valence-corrected chi connectivity index (χ1v) is 8.98. The number of ether oxygens (including phenoxy) is 4. The normalized spacial score (nSPS) is 10.7. The van der Waals surface area contributed by atoms with Gasteiger partial charge >= 0.3 is 5.97 Å². The Labute approximate surface area is 170 Å². The Bertz CT molecular complexity index is 862. The molecule has 0 radical (unpaired) electrons. The molecule has 7 nitrogen and oxygen atoms in total. The molecular weight excluding hydrogens is 374 g/mol. The van der Waals surface area contributed by atoms with Gasteiger partial charge in [-0.2, -0.15) is 0 Å². The summed E-state index contributed by atoms with van der Waals surface area (Å²) in [6, 6.07) is 9.96. The molecule has 0 saturated carbocycles. The molecule has 2 aromatic carbocycles. The molecule has 0 aliphatic heterocycles. The van der Waals surface area contributed by atoms with Crippen molar-refractivity contribution in [2.75, 3.05) is 26.6 Å². The maximum Gasteiger partial charge on any atom is 0.338 e. The molecule has 1 amide bonds. The van der Waals surface area contributed by atoms with E-state index < -0.39 is 5.97 Å². The lowest BCUT2D eigenvalue weighted by molar-refractivity contribution is -0.111. The van der Waals surface area contributed by atoms with Crippen LogP contribution in [0.25, 0.3) is 6.08 Å². The van der Waals surface area contributed by atoms with Crippen molar-refractivity contribution in [2.24, 2.45) is 0 Å². The number of hydrogen-bond acceptors (Lipinski definition) is 6. The summed E-state index contributed by atoms with van der Waals surface area (Å²) < 4.78 is 21.0. The molecule has 154 valence electrons. The molecule has 0 aromatic heterocycles. The molecule has 0 unspecified atom stereocenters. The number of methoxy groups -OCH3 is 3. The molecule has 0 atom stereocenters. The quantitative estimate of drug-likeness (QED) is 0.535. The van der Waals surface area contributed by atoms with Crippen LogP contribution in [0.15, 0.2) is 42.5 Å². The van der Waals surface area contributed by atoms with Crippen LogP contribution in [0.1, 0.15) is 29.8 Å². The maximum atomic E-state index is 12.2. The lowest BCUT2D eigenvalue weighted by Gasteiger charge is -2.12. The van der Waals surface area contributed by atoms with E-state index in [0.29, 0.717) is 34.1 Å². The van der Waals surface area contributed by atoms with Gasteiger partial charge in [0.25, 0.3) is 0 Å². The van der Waals surface area contributed by atoms with Crippen LogP contribution in [0.3, 0.4) is 0 Å². The Hall–Kier alpha value is -3.48. The summed E-state index contributed by atoms with van der Waals surface area (Å²) in [5, 5.41) is 2.73. The number of benzene rings is 2. The Balaban J connectivity index is 2.07. The van der Waals surface area contributed by atoms with Gasteiger partial charge in [0.15, 0.2) is 11.5 Å². The minimum Gasteiger partial charge on any atom is -0.493 e. The first-order chi connectivity index (χ1) is 13.9. The van der Waals surface area contributed by atoms with Crippen LogP contribution in [0, 0.1) is 0 Å². The molecule has 0 aliphatic rings. The van der Waals surface area contributed by atoms with Crippen LogP contribution in [0.2, 0.25) is 0 Å². The highest BCUT2D eigenvalue weighted by Crippen LogP contribution is 2.38. The largest absolute Gasteiger partial charge is 0.493 e. The Morgan fingerprint density at radius 2 is 1.52 bits per heavy atom. The summed E-state index contributed by atoms with van der Waals surface area (Å²) in [6.45, 7) is 3.57. The summed E-state index contributed by atoms with van der Waals surface area (Å²) in [5.41, 5.74) is 1.69. The van der Waals surface area contributed by atoms with E-state index in [4.69, 9.17) is 18.9 Å².